The Bertz CT molecular complexity index is 707. The fourth-order valence-corrected chi connectivity index (χ4v) is 2.20. The van der Waals surface area contributed by atoms with Crippen LogP contribution in [0.15, 0.2) is 42.5 Å². The van der Waals surface area contributed by atoms with E-state index in [1.165, 1.54) is 19.2 Å². The zero-order chi connectivity index (χ0) is 15.4. The van der Waals surface area contributed by atoms with Crippen molar-refractivity contribution in [3.63, 3.8) is 0 Å². The zero-order valence-electron chi connectivity index (χ0n) is 11.1. The van der Waals surface area contributed by atoms with Crippen LogP contribution in [0.4, 0.5) is 4.39 Å². The van der Waals surface area contributed by atoms with Gasteiger partial charge in [-0.15, -0.1) is 0 Å². The number of hydrogen-bond acceptors (Lipinski definition) is 3. The number of methoxy groups -OCH3 is 1. The second-order valence-electron chi connectivity index (χ2n) is 4.32. The van der Waals surface area contributed by atoms with Crippen LogP contribution in [-0.2, 0) is 0 Å². The molecule has 0 aromatic heterocycles. The number of Topliss-reactive ketones (excluding diaryl/α,β-unsaturated/α-hetero) is 1. The Hall–Kier alpha value is -2.38. The number of benzene rings is 2. The van der Waals surface area contributed by atoms with Crippen molar-refractivity contribution in [2.75, 3.05) is 7.11 Å². The van der Waals surface area contributed by atoms with Gasteiger partial charge in [0, 0.05) is 10.6 Å². The molecule has 0 amide bonds. The van der Waals surface area contributed by atoms with Crippen LogP contribution < -0.4 is 4.74 Å². The second-order valence-corrected chi connectivity index (χ2v) is 4.73. The van der Waals surface area contributed by atoms with E-state index in [4.69, 9.17) is 16.3 Å². The van der Waals surface area contributed by atoms with Gasteiger partial charge in [-0.05, 0) is 42.0 Å². The maximum Gasteiger partial charge on any atom is 0.184 e. The molecule has 0 radical (unpaired) electrons. The van der Waals surface area contributed by atoms with Gasteiger partial charge >= 0.3 is 0 Å². The fourth-order valence-electron chi connectivity index (χ4n) is 1.93. The number of rotatable bonds is 4. The van der Waals surface area contributed by atoms with Crippen LogP contribution in [0.3, 0.4) is 0 Å². The molecule has 5 heteroatoms. The topological polar surface area (TPSA) is 50.1 Å². The number of ketones is 1. The summed E-state index contributed by atoms with van der Waals surface area (Å²) in [7, 11) is 1.52. The summed E-state index contributed by atoms with van der Waals surface area (Å²) in [6.07, 6.45) is 0. The minimum atomic E-state index is -1.08. The van der Waals surface area contributed by atoms with Gasteiger partial charge in [-0.1, -0.05) is 17.7 Å². The molecule has 0 aliphatic rings. The average molecular weight is 304 g/mol. The van der Waals surface area contributed by atoms with Gasteiger partial charge in [0.1, 0.15) is 17.5 Å². The lowest BCUT2D eigenvalue weighted by molar-refractivity contribution is 0.0979. The summed E-state index contributed by atoms with van der Waals surface area (Å²) in [5.74, 6) is -1.38. The maximum absolute atomic E-state index is 13.1. The Morgan fingerprint density at radius 3 is 2.48 bits per heavy atom. The highest BCUT2D eigenvalue weighted by molar-refractivity contribution is 6.31. The number of hydrogen-bond donors (Lipinski definition) is 0. The lowest BCUT2D eigenvalue weighted by Gasteiger charge is -2.11. The highest BCUT2D eigenvalue weighted by Crippen LogP contribution is 2.28. The van der Waals surface area contributed by atoms with Crippen molar-refractivity contribution in [1.82, 2.24) is 0 Å². The maximum atomic E-state index is 13.1. The van der Waals surface area contributed by atoms with Crippen LogP contribution in [0.2, 0.25) is 5.02 Å². The molecule has 0 aliphatic heterocycles. The molecular weight excluding hydrogens is 293 g/mol. The van der Waals surface area contributed by atoms with Gasteiger partial charge in [-0.25, -0.2) is 4.39 Å². The second kappa shape index (κ2) is 6.38. The van der Waals surface area contributed by atoms with Crippen LogP contribution in [0.5, 0.6) is 5.75 Å². The predicted octanol–water partition coefficient (Wildman–Crippen LogP) is 3.98. The Kier molecular flexibility index (Phi) is 4.56. The van der Waals surface area contributed by atoms with E-state index in [0.717, 1.165) is 6.07 Å². The highest BCUT2D eigenvalue weighted by atomic mass is 35.5. The molecule has 0 aliphatic carbocycles. The smallest absolute Gasteiger partial charge is 0.184 e. The summed E-state index contributed by atoms with van der Waals surface area (Å²) in [6.45, 7) is 0. The van der Waals surface area contributed by atoms with Gasteiger partial charge in [0.2, 0.25) is 0 Å². The third-order valence-corrected chi connectivity index (χ3v) is 3.37. The molecule has 0 fully saturated rings. The van der Waals surface area contributed by atoms with Gasteiger partial charge < -0.3 is 4.74 Å². The number of carbonyl (C=O) groups excluding carboxylic acids is 1. The van der Waals surface area contributed by atoms with Crippen molar-refractivity contribution >= 4 is 17.4 Å². The van der Waals surface area contributed by atoms with E-state index in [1.54, 1.807) is 24.3 Å². The molecule has 0 bridgehead atoms. The van der Waals surface area contributed by atoms with Crippen LogP contribution in [0, 0.1) is 17.1 Å². The Balaban J connectivity index is 2.36. The monoisotopic (exact) mass is 303 g/mol. The fraction of sp³-hybridized carbons (Fsp3) is 0.125. The largest absolute Gasteiger partial charge is 0.497 e. The summed E-state index contributed by atoms with van der Waals surface area (Å²) in [6, 6.07) is 11.9. The number of carbonyl (C=O) groups is 1. The summed E-state index contributed by atoms with van der Waals surface area (Å²) in [5.41, 5.74) is 0.657. The average Bonchev–Trinajstić information content (AvgIpc) is 2.50. The van der Waals surface area contributed by atoms with Crippen molar-refractivity contribution in [2.24, 2.45) is 0 Å². The quantitative estimate of drug-likeness (QED) is 0.803. The van der Waals surface area contributed by atoms with Gasteiger partial charge in [0.05, 0.1) is 13.2 Å². The third-order valence-electron chi connectivity index (χ3n) is 3.04. The van der Waals surface area contributed by atoms with E-state index in [0.29, 0.717) is 16.9 Å². The van der Waals surface area contributed by atoms with Crippen LogP contribution in [0.25, 0.3) is 0 Å². The molecule has 0 N–H and O–H groups in total. The number of nitrogens with zero attached hydrogens (tertiary/aromatic N) is 1. The first-order valence-corrected chi connectivity index (χ1v) is 6.47. The number of halogens is 2. The molecule has 0 saturated carbocycles. The normalized spacial score (nSPS) is 11.5. The Labute approximate surface area is 126 Å². The van der Waals surface area contributed by atoms with E-state index in [-0.39, 0.29) is 5.02 Å². The van der Waals surface area contributed by atoms with Crippen molar-refractivity contribution in [3.8, 4) is 11.8 Å². The predicted molar refractivity (Wildman–Crippen MR) is 77.1 cm³/mol. The van der Waals surface area contributed by atoms with Crippen LogP contribution >= 0.6 is 11.6 Å². The van der Waals surface area contributed by atoms with Crippen molar-refractivity contribution in [2.45, 2.75) is 5.92 Å². The van der Waals surface area contributed by atoms with Crippen molar-refractivity contribution in [1.29, 1.82) is 5.26 Å². The molecule has 2 aromatic rings. The van der Waals surface area contributed by atoms with E-state index < -0.39 is 17.5 Å². The summed E-state index contributed by atoms with van der Waals surface area (Å²) in [5, 5.41) is 9.32. The minimum absolute atomic E-state index is 0.0587. The van der Waals surface area contributed by atoms with Gasteiger partial charge in [-0.2, -0.15) is 5.26 Å². The third kappa shape index (κ3) is 3.21. The molecule has 0 saturated heterocycles. The molecule has 1 unspecified atom stereocenters. The first-order valence-electron chi connectivity index (χ1n) is 6.09. The molecule has 2 rings (SSSR count). The molecular formula is C16H11ClFNO2. The summed E-state index contributed by atoms with van der Waals surface area (Å²) in [4.78, 5) is 12.4. The van der Waals surface area contributed by atoms with Gasteiger partial charge in [0.15, 0.2) is 5.78 Å². The van der Waals surface area contributed by atoms with Crippen LogP contribution in [-0.4, -0.2) is 12.9 Å². The van der Waals surface area contributed by atoms with E-state index >= 15 is 0 Å². The number of ether oxygens (including phenoxy) is 1. The van der Waals surface area contributed by atoms with Gasteiger partial charge in [0.25, 0.3) is 0 Å². The first-order chi connectivity index (χ1) is 10.1. The lowest BCUT2D eigenvalue weighted by atomic mass is 9.92. The zero-order valence-corrected chi connectivity index (χ0v) is 11.9. The summed E-state index contributed by atoms with van der Waals surface area (Å²) >= 11 is 5.92. The molecule has 0 spiro atoms. The van der Waals surface area contributed by atoms with Gasteiger partial charge in [-0.3, -0.25) is 4.79 Å². The minimum Gasteiger partial charge on any atom is -0.497 e. The molecule has 3 nitrogen and oxygen atoms in total. The van der Waals surface area contributed by atoms with Crippen LogP contribution in [0.1, 0.15) is 21.8 Å². The van der Waals surface area contributed by atoms with Crippen molar-refractivity contribution in [3.05, 3.63) is 64.4 Å². The lowest BCUT2D eigenvalue weighted by Crippen LogP contribution is -2.12. The van der Waals surface area contributed by atoms with E-state index in [9.17, 15) is 14.4 Å². The standard InChI is InChI=1S/C16H11ClFNO2/c1-21-12-5-2-10(3-6-12)16(20)14(9-19)13-7-4-11(18)8-15(13)17/h2-8,14H,1H3. The van der Waals surface area contributed by atoms with Crippen molar-refractivity contribution < 1.29 is 13.9 Å². The first kappa shape index (κ1) is 15.0. The van der Waals surface area contributed by atoms with E-state index in [2.05, 4.69) is 0 Å². The molecule has 0 heterocycles. The SMILES string of the molecule is COc1ccc(C(=O)C(C#N)c2ccc(F)cc2Cl)cc1. The number of nitriles is 1. The molecule has 106 valence electrons. The summed E-state index contributed by atoms with van der Waals surface area (Å²) < 4.78 is 18.1. The Morgan fingerprint density at radius 1 is 1.29 bits per heavy atom. The highest BCUT2D eigenvalue weighted by Gasteiger charge is 2.24. The molecule has 1 atom stereocenters. The Morgan fingerprint density at radius 2 is 1.95 bits per heavy atom. The molecule has 2 aromatic carbocycles. The molecule has 21 heavy (non-hydrogen) atoms. The van der Waals surface area contributed by atoms with E-state index in [1.807, 2.05) is 6.07 Å².